The minimum absolute atomic E-state index is 0.145. The second-order valence-corrected chi connectivity index (χ2v) is 6.22. The van der Waals surface area contributed by atoms with Crippen molar-refractivity contribution in [1.29, 1.82) is 0 Å². The van der Waals surface area contributed by atoms with Crippen molar-refractivity contribution in [3.8, 4) is 0 Å². The number of nitro benzene ring substituents is 1. The van der Waals surface area contributed by atoms with Crippen molar-refractivity contribution in [3.05, 3.63) is 38.3 Å². The van der Waals surface area contributed by atoms with Gasteiger partial charge in [0.2, 0.25) is 0 Å². The average molecular weight is 343 g/mol. The Balaban J connectivity index is 2.72. The summed E-state index contributed by atoms with van der Waals surface area (Å²) in [6.07, 6.45) is 2.96. The van der Waals surface area contributed by atoms with E-state index in [4.69, 9.17) is 0 Å². The van der Waals surface area contributed by atoms with E-state index in [1.165, 1.54) is 6.07 Å². The van der Waals surface area contributed by atoms with Gasteiger partial charge in [-0.15, -0.1) is 0 Å². The van der Waals surface area contributed by atoms with E-state index in [-0.39, 0.29) is 10.6 Å². The lowest BCUT2D eigenvalue weighted by Crippen LogP contribution is -2.30. The first kappa shape index (κ1) is 17.1. The summed E-state index contributed by atoms with van der Waals surface area (Å²) in [5.74, 6) is 0.646. The highest BCUT2D eigenvalue weighted by molar-refractivity contribution is 9.10. The molecule has 1 atom stereocenters. The van der Waals surface area contributed by atoms with E-state index in [0.717, 1.165) is 31.4 Å². The van der Waals surface area contributed by atoms with Crippen LogP contribution in [0.3, 0.4) is 0 Å². The summed E-state index contributed by atoms with van der Waals surface area (Å²) in [7, 11) is 0. The van der Waals surface area contributed by atoms with Gasteiger partial charge in [-0.3, -0.25) is 10.1 Å². The van der Waals surface area contributed by atoms with Gasteiger partial charge in [-0.1, -0.05) is 32.9 Å². The highest BCUT2D eigenvalue weighted by atomic mass is 79.9. The maximum atomic E-state index is 10.9. The zero-order valence-corrected chi connectivity index (χ0v) is 13.9. The summed E-state index contributed by atoms with van der Waals surface area (Å²) in [6.45, 7) is 7.49. The Hall–Kier alpha value is -0.940. The molecule has 0 amide bonds. The molecule has 0 heterocycles. The molecule has 1 N–H and O–H groups in total. The summed E-state index contributed by atoms with van der Waals surface area (Å²) < 4.78 is 0.616. The van der Waals surface area contributed by atoms with E-state index in [1.807, 2.05) is 6.07 Å². The predicted octanol–water partition coefficient (Wildman–Crippen LogP) is 4.31. The first-order chi connectivity index (χ1) is 9.45. The van der Waals surface area contributed by atoms with Crippen LogP contribution in [0.25, 0.3) is 0 Å². The molecular formula is C15H23BrN2O2. The summed E-state index contributed by atoms with van der Waals surface area (Å²) >= 11 is 3.36. The third-order valence-electron chi connectivity index (χ3n) is 3.27. The highest BCUT2D eigenvalue weighted by Gasteiger charge is 2.16. The fourth-order valence-electron chi connectivity index (χ4n) is 2.39. The van der Waals surface area contributed by atoms with Crippen molar-refractivity contribution >= 4 is 21.6 Å². The summed E-state index contributed by atoms with van der Waals surface area (Å²) in [5, 5.41) is 14.4. The first-order valence-electron chi connectivity index (χ1n) is 7.10. The number of hydrogen-bond donors (Lipinski definition) is 1. The van der Waals surface area contributed by atoms with Crippen LogP contribution in [-0.2, 0) is 6.42 Å². The standard InChI is InChI=1S/C15H23BrN2O2/c1-4-17-13(10-11(2)3)9-8-12-6-5-7-14(15(12)16)18(19)20/h5-7,11,13,17H,4,8-10H2,1-3H3. The molecule has 1 rings (SSSR count). The van der Waals surface area contributed by atoms with Gasteiger partial charge in [-0.2, -0.15) is 0 Å². The van der Waals surface area contributed by atoms with Crippen LogP contribution in [0.5, 0.6) is 0 Å². The SMILES string of the molecule is CCNC(CCc1cccc([N+](=O)[O-])c1Br)CC(C)C. The van der Waals surface area contributed by atoms with Crippen LogP contribution in [0.2, 0.25) is 0 Å². The van der Waals surface area contributed by atoms with Gasteiger partial charge >= 0.3 is 0 Å². The molecule has 20 heavy (non-hydrogen) atoms. The highest BCUT2D eigenvalue weighted by Crippen LogP contribution is 2.29. The number of halogens is 1. The van der Waals surface area contributed by atoms with E-state index >= 15 is 0 Å². The van der Waals surface area contributed by atoms with Crippen molar-refractivity contribution in [2.24, 2.45) is 5.92 Å². The van der Waals surface area contributed by atoms with E-state index in [9.17, 15) is 10.1 Å². The zero-order valence-electron chi connectivity index (χ0n) is 12.4. The Labute approximate surface area is 129 Å². The fraction of sp³-hybridized carbons (Fsp3) is 0.600. The van der Waals surface area contributed by atoms with Crippen molar-refractivity contribution in [2.45, 2.75) is 46.1 Å². The van der Waals surface area contributed by atoms with E-state index in [1.54, 1.807) is 6.07 Å². The Kier molecular flexibility index (Phi) is 7.16. The third-order valence-corrected chi connectivity index (χ3v) is 4.18. The number of aryl methyl sites for hydroxylation is 1. The minimum Gasteiger partial charge on any atom is -0.314 e. The van der Waals surface area contributed by atoms with Crippen LogP contribution in [0, 0.1) is 16.0 Å². The molecule has 1 unspecified atom stereocenters. The van der Waals surface area contributed by atoms with Gasteiger partial charge in [0.25, 0.3) is 5.69 Å². The Morgan fingerprint density at radius 3 is 2.65 bits per heavy atom. The molecular weight excluding hydrogens is 320 g/mol. The predicted molar refractivity (Wildman–Crippen MR) is 86.0 cm³/mol. The van der Waals surface area contributed by atoms with Crippen molar-refractivity contribution in [3.63, 3.8) is 0 Å². The van der Waals surface area contributed by atoms with E-state index in [2.05, 4.69) is 42.0 Å². The normalized spacial score (nSPS) is 12.7. The average Bonchev–Trinajstić information content (AvgIpc) is 2.36. The van der Waals surface area contributed by atoms with Crippen molar-refractivity contribution in [1.82, 2.24) is 5.32 Å². The summed E-state index contributed by atoms with van der Waals surface area (Å²) in [4.78, 5) is 10.6. The van der Waals surface area contributed by atoms with E-state index in [0.29, 0.717) is 16.4 Å². The maximum Gasteiger partial charge on any atom is 0.283 e. The Morgan fingerprint density at radius 2 is 2.10 bits per heavy atom. The quantitative estimate of drug-likeness (QED) is 0.565. The third kappa shape index (κ3) is 5.21. The van der Waals surface area contributed by atoms with E-state index < -0.39 is 0 Å². The van der Waals surface area contributed by atoms with Crippen molar-refractivity contribution < 1.29 is 4.92 Å². The van der Waals surface area contributed by atoms with Gasteiger partial charge in [-0.05, 0) is 53.2 Å². The summed E-state index contributed by atoms with van der Waals surface area (Å²) in [6, 6.07) is 5.70. The number of nitrogens with zero attached hydrogens (tertiary/aromatic N) is 1. The largest absolute Gasteiger partial charge is 0.314 e. The molecule has 4 nitrogen and oxygen atoms in total. The Morgan fingerprint density at radius 1 is 1.40 bits per heavy atom. The zero-order chi connectivity index (χ0) is 15.1. The topological polar surface area (TPSA) is 55.2 Å². The molecule has 1 aromatic carbocycles. The van der Waals surface area contributed by atoms with Gasteiger partial charge in [-0.25, -0.2) is 0 Å². The first-order valence-corrected chi connectivity index (χ1v) is 7.90. The van der Waals surface area contributed by atoms with Crippen LogP contribution in [-0.4, -0.2) is 17.5 Å². The van der Waals surface area contributed by atoms with Gasteiger partial charge in [0.1, 0.15) is 0 Å². The van der Waals surface area contributed by atoms with Gasteiger partial charge < -0.3 is 5.32 Å². The second-order valence-electron chi connectivity index (χ2n) is 5.43. The number of nitro groups is 1. The fourth-order valence-corrected chi connectivity index (χ4v) is 3.00. The van der Waals surface area contributed by atoms with Crippen LogP contribution in [0.15, 0.2) is 22.7 Å². The summed E-state index contributed by atoms with van der Waals surface area (Å²) in [5.41, 5.74) is 1.15. The lowest BCUT2D eigenvalue weighted by Gasteiger charge is -2.20. The number of nitrogens with one attached hydrogen (secondary N) is 1. The van der Waals surface area contributed by atoms with Crippen LogP contribution in [0.4, 0.5) is 5.69 Å². The molecule has 0 radical (unpaired) electrons. The maximum absolute atomic E-state index is 10.9. The molecule has 1 aromatic rings. The molecule has 0 aliphatic heterocycles. The van der Waals surface area contributed by atoms with Crippen LogP contribution >= 0.6 is 15.9 Å². The molecule has 0 fully saturated rings. The minimum atomic E-state index is -0.344. The molecule has 0 aliphatic carbocycles. The molecule has 0 spiro atoms. The smallest absolute Gasteiger partial charge is 0.283 e. The lowest BCUT2D eigenvalue weighted by molar-refractivity contribution is -0.385. The monoisotopic (exact) mass is 342 g/mol. The molecule has 0 saturated carbocycles. The Bertz CT molecular complexity index is 449. The van der Waals surface area contributed by atoms with Gasteiger partial charge in [0.05, 0.1) is 9.40 Å². The van der Waals surface area contributed by atoms with Gasteiger partial charge in [0, 0.05) is 12.1 Å². The number of hydrogen-bond acceptors (Lipinski definition) is 3. The molecule has 5 heteroatoms. The van der Waals surface area contributed by atoms with Gasteiger partial charge in [0.15, 0.2) is 0 Å². The molecule has 0 aromatic heterocycles. The van der Waals surface area contributed by atoms with Crippen LogP contribution in [0.1, 0.15) is 39.2 Å². The molecule has 0 aliphatic rings. The van der Waals surface area contributed by atoms with Crippen molar-refractivity contribution in [2.75, 3.05) is 6.54 Å². The van der Waals surface area contributed by atoms with Crippen LogP contribution < -0.4 is 5.32 Å². The lowest BCUT2D eigenvalue weighted by atomic mass is 9.97. The molecule has 0 bridgehead atoms. The molecule has 112 valence electrons. The molecule has 0 saturated heterocycles. The number of rotatable bonds is 8. The second kappa shape index (κ2) is 8.37. The number of benzene rings is 1.